The smallest absolute Gasteiger partial charge is 0.0471 e. The summed E-state index contributed by atoms with van der Waals surface area (Å²) in [6.07, 6.45) is 5.92. The molecule has 0 bridgehead atoms. The Kier molecular flexibility index (Phi) is 5.42. The Morgan fingerprint density at radius 1 is 1.29 bits per heavy atom. The number of rotatable bonds is 5. The Hall–Kier alpha value is -0.730. The molecular weight excluding hydrogens is 192 g/mol. The van der Waals surface area contributed by atoms with Crippen LogP contribution >= 0.6 is 12.6 Å². The molecule has 2 heteroatoms. The van der Waals surface area contributed by atoms with E-state index in [0.29, 0.717) is 0 Å². The van der Waals surface area contributed by atoms with E-state index in [9.17, 15) is 0 Å². The van der Waals surface area contributed by atoms with Crippen LogP contribution in [-0.4, -0.2) is 17.5 Å². The van der Waals surface area contributed by atoms with Gasteiger partial charge >= 0.3 is 0 Å². The third-order valence-corrected chi connectivity index (χ3v) is 2.29. The summed E-state index contributed by atoms with van der Waals surface area (Å²) >= 11 is 4.14. The first-order valence-electron chi connectivity index (χ1n) is 4.84. The van der Waals surface area contributed by atoms with Crippen LogP contribution in [0.4, 0.5) is 0 Å². The summed E-state index contributed by atoms with van der Waals surface area (Å²) in [5, 5.41) is 8.88. The van der Waals surface area contributed by atoms with Gasteiger partial charge in [-0.2, -0.15) is 12.6 Å². The van der Waals surface area contributed by atoms with Crippen LogP contribution in [0.25, 0.3) is 6.08 Å². The summed E-state index contributed by atoms with van der Waals surface area (Å²) in [7, 11) is 0. The van der Waals surface area contributed by atoms with Crippen molar-refractivity contribution in [2.75, 3.05) is 12.4 Å². The van der Waals surface area contributed by atoms with Gasteiger partial charge in [0.25, 0.3) is 0 Å². The predicted molar refractivity (Wildman–Crippen MR) is 64.7 cm³/mol. The summed E-state index contributed by atoms with van der Waals surface area (Å²) in [4.78, 5) is 0. The molecule has 0 spiro atoms. The third kappa shape index (κ3) is 3.56. The van der Waals surface area contributed by atoms with Gasteiger partial charge in [-0.25, -0.2) is 0 Å². The molecule has 1 aromatic rings. The van der Waals surface area contributed by atoms with E-state index in [1.807, 2.05) is 12.1 Å². The van der Waals surface area contributed by atoms with Crippen molar-refractivity contribution >= 4 is 18.7 Å². The van der Waals surface area contributed by atoms with E-state index in [0.717, 1.165) is 18.6 Å². The van der Waals surface area contributed by atoms with Crippen molar-refractivity contribution in [2.45, 2.75) is 12.8 Å². The highest BCUT2D eigenvalue weighted by Gasteiger charge is 1.96. The fourth-order valence-electron chi connectivity index (χ4n) is 1.33. The second-order valence-corrected chi connectivity index (χ2v) is 3.53. The zero-order chi connectivity index (χ0) is 10.2. The summed E-state index contributed by atoms with van der Waals surface area (Å²) in [6.45, 7) is 0.206. The fraction of sp³-hybridized carbons (Fsp3) is 0.333. The summed E-state index contributed by atoms with van der Waals surface area (Å²) in [5.41, 5.74) is 2.40. The Morgan fingerprint density at radius 3 is 2.79 bits per heavy atom. The highest BCUT2D eigenvalue weighted by molar-refractivity contribution is 7.80. The minimum Gasteiger partial charge on any atom is -0.396 e. The molecule has 0 saturated heterocycles. The Labute approximate surface area is 90.9 Å². The lowest BCUT2D eigenvalue weighted by Crippen LogP contribution is -1.93. The average molecular weight is 208 g/mol. The van der Waals surface area contributed by atoms with Crippen LogP contribution in [0.3, 0.4) is 0 Å². The number of allylic oxidation sites excluding steroid dienone is 1. The van der Waals surface area contributed by atoms with Gasteiger partial charge < -0.3 is 5.11 Å². The molecule has 0 unspecified atom stereocenters. The first-order chi connectivity index (χ1) is 6.88. The van der Waals surface area contributed by atoms with Gasteiger partial charge in [-0.05, 0) is 29.7 Å². The molecule has 0 saturated carbocycles. The van der Waals surface area contributed by atoms with Gasteiger partial charge in [0.05, 0.1) is 0 Å². The van der Waals surface area contributed by atoms with Crippen molar-refractivity contribution in [3.8, 4) is 0 Å². The van der Waals surface area contributed by atoms with Crippen LogP contribution in [0, 0.1) is 0 Å². The van der Waals surface area contributed by atoms with Gasteiger partial charge in [-0.15, -0.1) is 0 Å². The maximum Gasteiger partial charge on any atom is 0.0471 e. The molecule has 0 aromatic heterocycles. The molecule has 0 fully saturated rings. The number of hydrogen-bond acceptors (Lipinski definition) is 2. The van der Waals surface area contributed by atoms with E-state index in [1.54, 1.807) is 0 Å². The van der Waals surface area contributed by atoms with E-state index in [-0.39, 0.29) is 6.61 Å². The van der Waals surface area contributed by atoms with Crippen molar-refractivity contribution < 1.29 is 5.11 Å². The van der Waals surface area contributed by atoms with Gasteiger partial charge in [-0.3, -0.25) is 0 Å². The van der Waals surface area contributed by atoms with Crippen molar-refractivity contribution in [2.24, 2.45) is 0 Å². The molecular formula is C12H16OS. The van der Waals surface area contributed by atoms with E-state index < -0.39 is 0 Å². The number of thiol groups is 1. The largest absolute Gasteiger partial charge is 0.396 e. The summed E-state index contributed by atoms with van der Waals surface area (Å²) in [6, 6.07) is 8.14. The summed E-state index contributed by atoms with van der Waals surface area (Å²) < 4.78 is 0. The number of aliphatic hydroxyl groups is 1. The Balaban J connectivity index is 2.73. The van der Waals surface area contributed by atoms with Crippen molar-refractivity contribution in [3.63, 3.8) is 0 Å². The Morgan fingerprint density at radius 2 is 2.07 bits per heavy atom. The average Bonchev–Trinajstić information content (AvgIpc) is 2.21. The zero-order valence-corrected chi connectivity index (χ0v) is 9.08. The fourth-order valence-corrected chi connectivity index (χ4v) is 1.48. The van der Waals surface area contributed by atoms with Crippen molar-refractivity contribution in [1.82, 2.24) is 0 Å². The third-order valence-electron chi connectivity index (χ3n) is 2.03. The van der Waals surface area contributed by atoms with Crippen molar-refractivity contribution in [3.05, 3.63) is 41.5 Å². The van der Waals surface area contributed by atoms with E-state index in [4.69, 9.17) is 5.11 Å². The molecule has 0 radical (unpaired) electrons. The molecule has 14 heavy (non-hydrogen) atoms. The summed E-state index contributed by atoms with van der Waals surface area (Å²) in [5.74, 6) is 0.874. The van der Waals surface area contributed by atoms with Gasteiger partial charge in [0.2, 0.25) is 0 Å². The molecule has 0 heterocycles. The maximum absolute atomic E-state index is 8.88. The number of aliphatic hydroxyl groups excluding tert-OH is 1. The lowest BCUT2D eigenvalue weighted by Gasteiger charge is -2.03. The van der Waals surface area contributed by atoms with Gasteiger partial charge in [0, 0.05) is 6.61 Å². The highest BCUT2D eigenvalue weighted by atomic mass is 32.1. The molecule has 1 N–H and O–H groups in total. The first kappa shape index (κ1) is 11.3. The molecule has 76 valence electrons. The van der Waals surface area contributed by atoms with E-state index >= 15 is 0 Å². The molecule has 0 aliphatic heterocycles. The second kappa shape index (κ2) is 6.68. The maximum atomic E-state index is 8.88. The van der Waals surface area contributed by atoms with Gasteiger partial charge in [0.1, 0.15) is 0 Å². The van der Waals surface area contributed by atoms with Crippen LogP contribution in [-0.2, 0) is 6.42 Å². The molecule has 0 aliphatic rings. The lowest BCUT2D eigenvalue weighted by atomic mass is 10.0. The minimum atomic E-state index is 0.206. The lowest BCUT2D eigenvalue weighted by molar-refractivity contribution is 0.299. The first-order valence-corrected chi connectivity index (χ1v) is 5.48. The van der Waals surface area contributed by atoms with E-state index in [1.165, 1.54) is 11.1 Å². The predicted octanol–water partition coefficient (Wildman–Crippen LogP) is 2.55. The monoisotopic (exact) mass is 208 g/mol. The Bertz CT molecular complexity index is 294. The highest BCUT2D eigenvalue weighted by Crippen LogP contribution is 2.11. The minimum absolute atomic E-state index is 0.206. The van der Waals surface area contributed by atoms with Crippen LogP contribution in [0.15, 0.2) is 30.3 Å². The van der Waals surface area contributed by atoms with Crippen LogP contribution in [0.2, 0.25) is 0 Å². The normalized spacial score (nSPS) is 11.0. The number of hydrogen-bond donors (Lipinski definition) is 2. The molecule has 1 nitrogen and oxygen atoms in total. The molecule has 1 aromatic carbocycles. The SMILES string of the molecule is OCCc1ccccc1C=CCCS. The van der Waals surface area contributed by atoms with Gasteiger partial charge in [0.15, 0.2) is 0 Å². The van der Waals surface area contributed by atoms with Crippen molar-refractivity contribution in [1.29, 1.82) is 0 Å². The standard InChI is InChI=1S/C12H16OS/c13-9-8-12-6-2-1-5-11(12)7-3-4-10-14/h1-3,5-7,13-14H,4,8-10H2. The quantitative estimate of drug-likeness (QED) is 0.713. The molecule has 0 atom stereocenters. The molecule has 0 aliphatic carbocycles. The second-order valence-electron chi connectivity index (χ2n) is 3.09. The van der Waals surface area contributed by atoms with Gasteiger partial charge in [-0.1, -0.05) is 36.4 Å². The molecule has 0 amide bonds. The van der Waals surface area contributed by atoms with Crippen LogP contribution < -0.4 is 0 Å². The van der Waals surface area contributed by atoms with Crippen LogP contribution in [0.5, 0.6) is 0 Å². The zero-order valence-electron chi connectivity index (χ0n) is 8.19. The van der Waals surface area contributed by atoms with Crippen LogP contribution in [0.1, 0.15) is 17.5 Å². The number of benzene rings is 1. The van der Waals surface area contributed by atoms with E-state index in [2.05, 4.69) is 36.9 Å². The molecule has 1 rings (SSSR count). The topological polar surface area (TPSA) is 20.2 Å².